The highest BCUT2D eigenvalue weighted by Crippen LogP contribution is 2.31. The molecule has 3 rings (SSSR count). The lowest BCUT2D eigenvalue weighted by atomic mass is 10.1. The first-order valence-corrected chi connectivity index (χ1v) is 8.85. The third-order valence-electron chi connectivity index (χ3n) is 4.49. The second-order valence-corrected chi connectivity index (χ2v) is 6.52. The number of nitrogens with one attached hydrogen (secondary N) is 1. The average Bonchev–Trinajstić information content (AvgIpc) is 3.01. The first kappa shape index (κ1) is 21.1. The summed E-state index contributed by atoms with van der Waals surface area (Å²) in [7, 11) is 1.50. The Morgan fingerprint density at radius 1 is 1.07 bits per heavy atom. The van der Waals surface area contributed by atoms with Crippen molar-refractivity contribution in [2.45, 2.75) is 20.0 Å². The molecule has 0 unspecified atom stereocenters. The second-order valence-electron chi connectivity index (χ2n) is 6.52. The summed E-state index contributed by atoms with van der Waals surface area (Å²) in [5.41, 5.74) is 0.243. The molecule has 0 bridgehead atoms. The second kappa shape index (κ2) is 8.02. The Morgan fingerprint density at radius 2 is 1.73 bits per heavy atom. The van der Waals surface area contributed by atoms with Crippen LogP contribution in [0.2, 0.25) is 0 Å². The van der Waals surface area contributed by atoms with Crippen molar-refractivity contribution in [3.8, 4) is 11.4 Å². The molecule has 0 saturated heterocycles. The number of methoxy groups -OCH3 is 1. The lowest BCUT2D eigenvalue weighted by Crippen LogP contribution is -2.24. The van der Waals surface area contributed by atoms with Gasteiger partial charge in [0.15, 0.2) is 0 Å². The van der Waals surface area contributed by atoms with Gasteiger partial charge in [0.1, 0.15) is 5.75 Å². The number of carbonyl (C=O) groups excluding carboxylic acids is 2. The predicted octanol–water partition coefficient (Wildman–Crippen LogP) is 4.34. The van der Waals surface area contributed by atoms with Gasteiger partial charge in [0.25, 0.3) is 11.7 Å². The maximum Gasteiger partial charge on any atom is 0.416 e. The molecule has 0 aliphatic heterocycles. The SMILES string of the molecule is COc1ccc(NC(=O)C(=O)c2c(C)nn(-c3cccc(C(F)(F)F)c3)c2C)cc1. The molecule has 156 valence electrons. The number of ketones is 1. The Bertz CT molecular complexity index is 1100. The van der Waals surface area contributed by atoms with E-state index in [0.717, 1.165) is 12.1 Å². The van der Waals surface area contributed by atoms with Gasteiger partial charge in [-0.2, -0.15) is 18.3 Å². The number of aryl methyl sites for hydroxylation is 1. The maximum absolute atomic E-state index is 13.0. The summed E-state index contributed by atoms with van der Waals surface area (Å²) in [6.07, 6.45) is -4.51. The molecular formula is C21H18F3N3O3. The minimum absolute atomic E-state index is 0.0402. The van der Waals surface area contributed by atoms with Gasteiger partial charge in [-0.05, 0) is 56.3 Å². The molecule has 1 amide bonds. The van der Waals surface area contributed by atoms with Crippen molar-refractivity contribution in [3.05, 3.63) is 71.0 Å². The van der Waals surface area contributed by atoms with Crippen LogP contribution in [0.15, 0.2) is 48.5 Å². The number of amides is 1. The summed E-state index contributed by atoms with van der Waals surface area (Å²) in [5, 5.41) is 6.66. The smallest absolute Gasteiger partial charge is 0.416 e. The van der Waals surface area contributed by atoms with Crippen LogP contribution in [0.25, 0.3) is 5.69 Å². The number of ether oxygens (including phenoxy) is 1. The van der Waals surface area contributed by atoms with Crippen LogP contribution in [0.4, 0.5) is 18.9 Å². The minimum Gasteiger partial charge on any atom is -0.497 e. The number of nitrogens with zero attached hydrogens (tertiary/aromatic N) is 2. The van der Waals surface area contributed by atoms with E-state index < -0.39 is 23.4 Å². The van der Waals surface area contributed by atoms with E-state index in [-0.39, 0.29) is 22.6 Å². The van der Waals surface area contributed by atoms with Gasteiger partial charge in [0.05, 0.1) is 35.3 Å². The zero-order valence-corrected chi connectivity index (χ0v) is 16.4. The van der Waals surface area contributed by atoms with Gasteiger partial charge in [0.2, 0.25) is 0 Å². The highest BCUT2D eigenvalue weighted by atomic mass is 19.4. The van der Waals surface area contributed by atoms with E-state index in [1.54, 1.807) is 24.3 Å². The third kappa shape index (κ3) is 4.19. The molecule has 0 aliphatic carbocycles. The fraction of sp³-hybridized carbons (Fsp3) is 0.190. The van der Waals surface area contributed by atoms with E-state index in [0.29, 0.717) is 11.4 Å². The van der Waals surface area contributed by atoms with E-state index in [9.17, 15) is 22.8 Å². The number of aromatic nitrogens is 2. The molecule has 0 saturated carbocycles. The highest BCUT2D eigenvalue weighted by Gasteiger charge is 2.31. The highest BCUT2D eigenvalue weighted by molar-refractivity contribution is 6.47. The molecule has 6 nitrogen and oxygen atoms in total. The molecule has 0 fully saturated rings. The number of alkyl halides is 3. The quantitative estimate of drug-likeness (QED) is 0.495. The molecule has 0 radical (unpaired) electrons. The predicted molar refractivity (Wildman–Crippen MR) is 104 cm³/mol. The first-order chi connectivity index (χ1) is 14.1. The Kier molecular flexibility index (Phi) is 5.64. The fourth-order valence-corrected chi connectivity index (χ4v) is 3.01. The molecule has 30 heavy (non-hydrogen) atoms. The van der Waals surface area contributed by atoms with Gasteiger partial charge in [-0.1, -0.05) is 6.07 Å². The van der Waals surface area contributed by atoms with Crippen molar-refractivity contribution < 1.29 is 27.5 Å². The molecule has 1 N–H and O–H groups in total. The van der Waals surface area contributed by atoms with Gasteiger partial charge < -0.3 is 10.1 Å². The standard InChI is InChI=1S/C21H18F3N3O3/c1-12-18(19(28)20(29)25-15-7-9-17(30-3)10-8-15)13(2)27(26-12)16-6-4-5-14(11-16)21(22,23)24/h4-11H,1-3H3,(H,25,29). The molecule has 2 aromatic carbocycles. The molecule has 3 aromatic rings. The van der Waals surface area contributed by atoms with Crippen molar-refractivity contribution >= 4 is 17.4 Å². The molecule has 1 aromatic heterocycles. The summed E-state index contributed by atoms with van der Waals surface area (Å²) >= 11 is 0. The van der Waals surface area contributed by atoms with Gasteiger partial charge in [-0.3, -0.25) is 9.59 Å². The lowest BCUT2D eigenvalue weighted by molar-refractivity contribution is -0.137. The van der Waals surface area contributed by atoms with Crippen LogP contribution in [-0.2, 0) is 11.0 Å². The molecule has 0 spiro atoms. The third-order valence-corrected chi connectivity index (χ3v) is 4.49. The normalized spacial score (nSPS) is 11.3. The first-order valence-electron chi connectivity index (χ1n) is 8.85. The number of rotatable bonds is 5. The molecule has 9 heteroatoms. The van der Waals surface area contributed by atoms with E-state index in [1.165, 1.54) is 37.8 Å². The van der Waals surface area contributed by atoms with Gasteiger partial charge >= 0.3 is 6.18 Å². The van der Waals surface area contributed by atoms with Crippen LogP contribution in [-0.4, -0.2) is 28.6 Å². The molecule has 0 atom stereocenters. The van der Waals surface area contributed by atoms with Gasteiger partial charge in [-0.15, -0.1) is 0 Å². The zero-order valence-electron chi connectivity index (χ0n) is 16.4. The van der Waals surface area contributed by atoms with Crippen molar-refractivity contribution in [3.63, 3.8) is 0 Å². The van der Waals surface area contributed by atoms with E-state index >= 15 is 0 Å². The van der Waals surface area contributed by atoms with Gasteiger partial charge in [0, 0.05) is 5.69 Å². The number of carbonyl (C=O) groups is 2. The largest absolute Gasteiger partial charge is 0.497 e. The monoisotopic (exact) mass is 417 g/mol. The Labute approximate surface area is 170 Å². The van der Waals surface area contributed by atoms with Crippen molar-refractivity contribution in [2.24, 2.45) is 0 Å². The molecular weight excluding hydrogens is 399 g/mol. The number of benzene rings is 2. The summed E-state index contributed by atoms with van der Waals surface area (Å²) in [4.78, 5) is 25.1. The minimum atomic E-state index is -4.51. The summed E-state index contributed by atoms with van der Waals surface area (Å²) in [5.74, 6) is -1.12. The summed E-state index contributed by atoms with van der Waals surface area (Å²) < 4.78 is 45.3. The summed E-state index contributed by atoms with van der Waals surface area (Å²) in [6.45, 7) is 3.04. The van der Waals surface area contributed by atoms with Crippen molar-refractivity contribution in [1.82, 2.24) is 9.78 Å². The number of halogens is 3. The van der Waals surface area contributed by atoms with Crippen LogP contribution in [0.5, 0.6) is 5.75 Å². The van der Waals surface area contributed by atoms with Crippen molar-refractivity contribution in [1.29, 1.82) is 0 Å². The van der Waals surface area contributed by atoms with E-state index in [2.05, 4.69) is 10.4 Å². The number of anilines is 1. The zero-order chi connectivity index (χ0) is 22.1. The fourth-order valence-electron chi connectivity index (χ4n) is 3.01. The number of hydrogen-bond acceptors (Lipinski definition) is 4. The average molecular weight is 417 g/mol. The van der Waals surface area contributed by atoms with E-state index in [4.69, 9.17) is 4.74 Å². The van der Waals surface area contributed by atoms with Crippen LogP contribution >= 0.6 is 0 Å². The van der Waals surface area contributed by atoms with Crippen LogP contribution in [0, 0.1) is 13.8 Å². The Hall–Kier alpha value is -3.62. The Balaban J connectivity index is 1.89. The van der Waals surface area contributed by atoms with Crippen molar-refractivity contribution in [2.75, 3.05) is 12.4 Å². The van der Waals surface area contributed by atoms with E-state index in [1.807, 2.05) is 0 Å². The topological polar surface area (TPSA) is 73.2 Å². The van der Waals surface area contributed by atoms with Crippen LogP contribution in [0.1, 0.15) is 27.3 Å². The summed E-state index contributed by atoms with van der Waals surface area (Å²) in [6, 6.07) is 11.0. The maximum atomic E-state index is 13.0. The molecule has 0 aliphatic rings. The van der Waals surface area contributed by atoms with Crippen LogP contribution in [0.3, 0.4) is 0 Å². The number of Topliss-reactive ketones (excluding diaryl/α,β-unsaturated/α-hetero) is 1. The van der Waals surface area contributed by atoms with Gasteiger partial charge in [-0.25, -0.2) is 4.68 Å². The molecule has 1 heterocycles. The van der Waals surface area contributed by atoms with Crippen LogP contribution < -0.4 is 10.1 Å². The number of hydrogen-bond donors (Lipinski definition) is 1. The Morgan fingerprint density at radius 3 is 2.33 bits per heavy atom. The lowest BCUT2D eigenvalue weighted by Gasteiger charge is -2.10.